The van der Waals surface area contributed by atoms with E-state index in [0.717, 1.165) is 37.4 Å². The number of amides is 1. The SMILES string of the molecule is CC1CCC(N(CCN(C)C)C(=O)/C=C/c2cccc(Cl)c2)CC1. The molecular weight excluding hydrogens is 320 g/mol. The van der Waals surface area contributed by atoms with Crippen molar-refractivity contribution in [2.24, 2.45) is 5.92 Å². The van der Waals surface area contributed by atoms with Gasteiger partial charge in [0.25, 0.3) is 0 Å². The van der Waals surface area contributed by atoms with Crippen molar-refractivity contribution in [3.05, 3.63) is 40.9 Å². The number of nitrogens with zero attached hydrogens (tertiary/aromatic N) is 2. The molecule has 0 aliphatic heterocycles. The Balaban J connectivity index is 2.05. The average Bonchev–Trinajstić information content (AvgIpc) is 2.54. The summed E-state index contributed by atoms with van der Waals surface area (Å²) in [6, 6.07) is 7.95. The van der Waals surface area contributed by atoms with E-state index in [1.54, 1.807) is 6.08 Å². The zero-order valence-corrected chi connectivity index (χ0v) is 15.8. The van der Waals surface area contributed by atoms with Crippen LogP contribution in [0.25, 0.3) is 6.08 Å². The number of carbonyl (C=O) groups excluding carboxylic acids is 1. The summed E-state index contributed by atoms with van der Waals surface area (Å²) >= 11 is 6.01. The zero-order chi connectivity index (χ0) is 17.5. The molecule has 1 aromatic rings. The number of rotatable bonds is 6. The van der Waals surface area contributed by atoms with Gasteiger partial charge in [-0.1, -0.05) is 30.7 Å². The van der Waals surface area contributed by atoms with Crippen LogP contribution in [0.1, 0.15) is 38.2 Å². The molecule has 2 rings (SSSR count). The van der Waals surface area contributed by atoms with Gasteiger partial charge in [0.15, 0.2) is 0 Å². The number of benzene rings is 1. The lowest BCUT2D eigenvalue weighted by atomic mass is 9.86. The second-order valence-corrected chi connectivity index (χ2v) is 7.57. The lowest BCUT2D eigenvalue weighted by Gasteiger charge is -2.36. The van der Waals surface area contributed by atoms with E-state index < -0.39 is 0 Å². The van der Waals surface area contributed by atoms with E-state index in [2.05, 4.69) is 16.7 Å². The van der Waals surface area contributed by atoms with E-state index in [9.17, 15) is 4.79 Å². The van der Waals surface area contributed by atoms with Gasteiger partial charge in [-0.3, -0.25) is 4.79 Å². The van der Waals surface area contributed by atoms with Crippen LogP contribution in [-0.2, 0) is 4.79 Å². The first kappa shape index (κ1) is 19.0. The molecule has 0 saturated heterocycles. The molecule has 1 amide bonds. The quantitative estimate of drug-likeness (QED) is 0.715. The van der Waals surface area contributed by atoms with Crippen LogP contribution in [0, 0.1) is 5.92 Å². The highest BCUT2D eigenvalue weighted by molar-refractivity contribution is 6.30. The third-order valence-electron chi connectivity index (χ3n) is 4.76. The Morgan fingerprint density at radius 3 is 2.54 bits per heavy atom. The van der Waals surface area contributed by atoms with Gasteiger partial charge in [-0.15, -0.1) is 0 Å². The van der Waals surface area contributed by atoms with Gasteiger partial charge in [-0.05, 0) is 69.5 Å². The van der Waals surface area contributed by atoms with Crippen molar-refractivity contribution in [2.75, 3.05) is 27.2 Å². The molecule has 0 N–H and O–H groups in total. The molecular formula is C20H29ClN2O. The van der Waals surface area contributed by atoms with E-state index in [4.69, 9.17) is 11.6 Å². The molecule has 4 heteroatoms. The van der Waals surface area contributed by atoms with E-state index in [1.807, 2.05) is 44.4 Å². The Labute approximate surface area is 151 Å². The first-order valence-electron chi connectivity index (χ1n) is 8.84. The standard InChI is InChI=1S/C20H29ClN2O/c1-16-7-10-19(11-8-16)23(14-13-22(2)3)20(24)12-9-17-5-4-6-18(21)15-17/h4-6,9,12,15-16,19H,7-8,10-11,13-14H2,1-3H3/b12-9+. The molecule has 1 aromatic carbocycles. The monoisotopic (exact) mass is 348 g/mol. The summed E-state index contributed by atoms with van der Waals surface area (Å²) in [4.78, 5) is 17.0. The molecule has 1 saturated carbocycles. The minimum atomic E-state index is 0.108. The number of hydrogen-bond acceptors (Lipinski definition) is 2. The normalized spacial score (nSPS) is 21.4. The van der Waals surface area contributed by atoms with Crippen molar-refractivity contribution in [3.63, 3.8) is 0 Å². The first-order valence-corrected chi connectivity index (χ1v) is 9.22. The van der Waals surface area contributed by atoms with Crippen LogP contribution in [-0.4, -0.2) is 48.9 Å². The average molecular weight is 349 g/mol. The van der Waals surface area contributed by atoms with Gasteiger partial charge in [0.2, 0.25) is 5.91 Å². The van der Waals surface area contributed by atoms with Gasteiger partial charge in [-0.25, -0.2) is 0 Å². The predicted molar refractivity (Wildman–Crippen MR) is 102 cm³/mol. The summed E-state index contributed by atoms with van der Waals surface area (Å²) < 4.78 is 0. The van der Waals surface area contributed by atoms with Gasteiger partial charge >= 0.3 is 0 Å². The van der Waals surface area contributed by atoms with Crippen molar-refractivity contribution in [1.29, 1.82) is 0 Å². The third-order valence-corrected chi connectivity index (χ3v) is 5.00. The van der Waals surface area contributed by atoms with Crippen molar-refractivity contribution < 1.29 is 4.79 Å². The Morgan fingerprint density at radius 1 is 1.21 bits per heavy atom. The Kier molecular flexibility index (Phi) is 7.32. The summed E-state index contributed by atoms with van der Waals surface area (Å²) in [6.45, 7) is 3.98. The summed E-state index contributed by atoms with van der Waals surface area (Å²) in [6.07, 6.45) is 8.22. The lowest BCUT2D eigenvalue weighted by Crippen LogP contribution is -2.44. The zero-order valence-electron chi connectivity index (χ0n) is 15.0. The van der Waals surface area contributed by atoms with Gasteiger partial charge in [-0.2, -0.15) is 0 Å². The van der Waals surface area contributed by atoms with E-state index in [-0.39, 0.29) is 5.91 Å². The molecule has 132 valence electrons. The molecule has 0 aromatic heterocycles. The fraction of sp³-hybridized carbons (Fsp3) is 0.550. The van der Waals surface area contributed by atoms with Crippen LogP contribution in [0.5, 0.6) is 0 Å². The van der Waals surface area contributed by atoms with Gasteiger partial charge in [0, 0.05) is 30.2 Å². The van der Waals surface area contributed by atoms with Crippen LogP contribution >= 0.6 is 11.6 Å². The first-order chi connectivity index (χ1) is 11.5. The van der Waals surface area contributed by atoms with Crippen molar-refractivity contribution in [2.45, 2.75) is 38.6 Å². The summed E-state index contributed by atoms with van der Waals surface area (Å²) in [5.41, 5.74) is 0.959. The molecule has 0 radical (unpaired) electrons. The number of hydrogen-bond donors (Lipinski definition) is 0. The Morgan fingerprint density at radius 2 is 1.92 bits per heavy atom. The number of likely N-dealkylation sites (N-methyl/N-ethyl adjacent to an activating group) is 1. The van der Waals surface area contributed by atoms with Crippen molar-refractivity contribution in [3.8, 4) is 0 Å². The minimum absolute atomic E-state index is 0.108. The molecule has 0 unspecified atom stereocenters. The Hall–Kier alpha value is -1.32. The van der Waals surface area contributed by atoms with Crippen LogP contribution < -0.4 is 0 Å². The highest BCUT2D eigenvalue weighted by atomic mass is 35.5. The smallest absolute Gasteiger partial charge is 0.246 e. The second kappa shape index (κ2) is 9.24. The highest BCUT2D eigenvalue weighted by Gasteiger charge is 2.26. The van der Waals surface area contributed by atoms with Crippen LogP contribution in [0.3, 0.4) is 0 Å². The minimum Gasteiger partial charge on any atom is -0.335 e. The highest BCUT2D eigenvalue weighted by Crippen LogP contribution is 2.27. The van der Waals surface area contributed by atoms with Crippen molar-refractivity contribution >= 4 is 23.6 Å². The van der Waals surface area contributed by atoms with E-state index in [1.165, 1.54) is 12.8 Å². The molecule has 0 atom stereocenters. The molecule has 1 aliphatic carbocycles. The molecule has 0 bridgehead atoms. The summed E-state index contributed by atoms with van der Waals surface area (Å²) in [5.74, 6) is 0.894. The fourth-order valence-corrected chi connectivity index (χ4v) is 3.41. The maximum Gasteiger partial charge on any atom is 0.246 e. The third kappa shape index (κ3) is 5.95. The van der Waals surface area contributed by atoms with Crippen LogP contribution in [0.4, 0.5) is 0 Å². The largest absolute Gasteiger partial charge is 0.335 e. The molecule has 1 aliphatic rings. The lowest BCUT2D eigenvalue weighted by molar-refractivity contribution is -0.129. The van der Waals surface area contributed by atoms with Crippen molar-refractivity contribution in [1.82, 2.24) is 9.80 Å². The molecule has 0 spiro atoms. The van der Waals surface area contributed by atoms with Gasteiger partial charge in [0.05, 0.1) is 0 Å². The Bertz CT molecular complexity index is 563. The van der Waals surface area contributed by atoms with Gasteiger partial charge < -0.3 is 9.80 Å². The van der Waals surface area contributed by atoms with Crippen LogP contribution in [0.2, 0.25) is 5.02 Å². The molecule has 3 nitrogen and oxygen atoms in total. The summed E-state index contributed by atoms with van der Waals surface area (Å²) in [7, 11) is 4.10. The topological polar surface area (TPSA) is 23.6 Å². The predicted octanol–water partition coefficient (Wildman–Crippen LogP) is 4.32. The van der Waals surface area contributed by atoms with Crippen LogP contribution in [0.15, 0.2) is 30.3 Å². The fourth-order valence-electron chi connectivity index (χ4n) is 3.21. The van der Waals surface area contributed by atoms with E-state index >= 15 is 0 Å². The maximum absolute atomic E-state index is 12.8. The molecule has 0 heterocycles. The second-order valence-electron chi connectivity index (χ2n) is 7.14. The summed E-state index contributed by atoms with van der Waals surface area (Å²) in [5, 5.41) is 0.690. The van der Waals surface area contributed by atoms with E-state index in [0.29, 0.717) is 11.1 Å². The molecule has 24 heavy (non-hydrogen) atoms. The number of halogens is 1. The maximum atomic E-state index is 12.8. The molecule has 1 fully saturated rings. The van der Waals surface area contributed by atoms with Gasteiger partial charge in [0.1, 0.15) is 0 Å². The number of carbonyl (C=O) groups is 1.